The van der Waals surface area contributed by atoms with Crippen molar-refractivity contribution in [2.24, 2.45) is 0 Å². The molecule has 0 bridgehead atoms. The minimum Gasteiger partial charge on any atom is -0.506 e. The van der Waals surface area contributed by atoms with Crippen molar-refractivity contribution < 1.29 is 15.0 Å². The summed E-state index contributed by atoms with van der Waals surface area (Å²) < 4.78 is 1.75. The number of carboxylic acid groups (broad SMARTS) is 1. The second-order valence-electron chi connectivity index (χ2n) is 5.72. The van der Waals surface area contributed by atoms with Crippen LogP contribution in [0.4, 0.5) is 0 Å². The van der Waals surface area contributed by atoms with Gasteiger partial charge < -0.3 is 14.8 Å². The topological polar surface area (TPSA) is 88.2 Å². The van der Waals surface area contributed by atoms with E-state index in [1.807, 2.05) is 24.3 Å². The van der Waals surface area contributed by atoms with Crippen LogP contribution < -0.4 is 0 Å². The van der Waals surface area contributed by atoms with E-state index in [0.717, 1.165) is 16.5 Å². The van der Waals surface area contributed by atoms with Gasteiger partial charge in [-0.15, -0.1) is 0 Å². The van der Waals surface area contributed by atoms with Gasteiger partial charge in [-0.2, -0.15) is 0 Å². The van der Waals surface area contributed by atoms with Gasteiger partial charge in [-0.3, -0.25) is 4.98 Å². The highest BCUT2D eigenvalue weighted by Gasteiger charge is 2.16. The van der Waals surface area contributed by atoms with Crippen molar-refractivity contribution in [2.45, 2.75) is 6.54 Å². The van der Waals surface area contributed by atoms with E-state index in [-0.39, 0.29) is 11.3 Å². The van der Waals surface area contributed by atoms with Gasteiger partial charge in [0.2, 0.25) is 0 Å². The second-order valence-corrected chi connectivity index (χ2v) is 6.16. The Balaban J connectivity index is 1.81. The lowest BCUT2D eigenvalue weighted by Crippen LogP contribution is -2.00. The van der Waals surface area contributed by atoms with Gasteiger partial charge in [-0.25, -0.2) is 9.78 Å². The number of aromatic nitrogens is 3. The zero-order valence-electron chi connectivity index (χ0n) is 12.8. The van der Waals surface area contributed by atoms with E-state index in [9.17, 15) is 15.0 Å². The van der Waals surface area contributed by atoms with E-state index < -0.39 is 5.97 Å². The van der Waals surface area contributed by atoms with E-state index in [1.54, 1.807) is 10.8 Å². The zero-order chi connectivity index (χ0) is 17.6. The molecule has 4 aromatic rings. The first-order chi connectivity index (χ1) is 12.0. The van der Waals surface area contributed by atoms with Gasteiger partial charge in [0, 0.05) is 29.7 Å². The minimum absolute atomic E-state index is 0.0702. The summed E-state index contributed by atoms with van der Waals surface area (Å²) in [6, 6.07) is 9.02. The average molecular weight is 354 g/mol. The summed E-state index contributed by atoms with van der Waals surface area (Å²) in [5.74, 6) is -1.13. The Morgan fingerprint density at radius 3 is 2.80 bits per heavy atom. The number of nitrogens with zero attached hydrogens (tertiary/aromatic N) is 3. The van der Waals surface area contributed by atoms with Gasteiger partial charge in [0.05, 0.1) is 22.3 Å². The van der Waals surface area contributed by atoms with Gasteiger partial charge in [-0.05, 0) is 29.8 Å². The molecule has 0 radical (unpaired) electrons. The first-order valence-electron chi connectivity index (χ1n) is 7.46. The van der Waals surface area contributed by atoms with Crippen molar-refractivity contribution in [3.63, 3.8) is 0 Å². The maximum absolute atomic E-state index is 11.5. The third-order valence-electron chi connectivity index (χ3n) is 4.00. The SMILES string of the molecule is O=C(O)c1cn(Cc2ccc3ncc(Cl)cc3c2)c2ncc(O)cc12. The van der Waals surface area contributed by atoms with Crippen LogP contribution in [0.15, 0.2) is 48.9 Å². The Morgan fingerprint density at radius 2 is 2.00 bits per heavy atom. The number of pyridine rings is 2. The summed E-state index contributed by atoms with van der Waals surface area (Å²) in [5, 5.41) is 20.8. The molecule has 0 unspecified atom stereocenters. The molecule has 0 fully saturated rings. The number of aromatic hydroxyl groups is 1. The average Bonchev–Trinajstić information content (AvgIpc) is 2.92. The third-order valence-corrected chi connectivity index (χ3v) is 4.20. The summed E-state index contributed by atoms with van der Waals surface area (Å²) in [6.07, 6.45) is 4.42. The van der Waals surface area contributed by atoms with Crippen molar-refractivity contribution in [1.29, 1.82) is 0 Å². The fourth-order valence-corrected chi connectivity index (χ4v) is 3.07. The minimum atomic E-state index is -1.06. The lowest BCUT2D eigenvalue weighted by atomic mass is 10.1. The first kappa shape index (κ1) is 15.4. The molecule has 3 aromatic heterocycles. The van der Waals surface area contributed by atoms with Crippen LogP contribution in [0.5, 0.6) is 5.75 Å². The fourth-order valence-electron chi connectivity index (χ4n) is 2.90. The molecule has 0 saturated heterocycles. The van der Waals surface area contributed by atoms with E-state index in [2.05, 4.69) is 9.97 Å². The second kappa shape index (κ2) is 5.75. The van der Waals surface area contributed by atoms with Gasteiger partial charge in [0.25, 0.3) is 0 Å². The molecule has 7 heteroatoms. The molecule has 6 nitrogen and oxygen atoms in total. The number of benzene rings is 1. The van der Waals surface area contributed by atoms with Crippen molar-refractivity contribution in [1.82, 2.24) is 14.5 Å². The normalized spacial score (nSPS) is 11.2. The quantitative estimate of drug-likeness (QED) is 0.586. The molecular weight excluding hydrogens is 342 g/mol. The molecule has 0 atom stereocenters. The van der Waals surface area contributed by atoms with Crippen LogP contribution in [0.3, 0.4) is 0 Å². The highest BCUT2D eigenvalue weighted by Crippen LogP contribution is 2.25. The van der Waals surface area contributed by atoms with Crippen LogP contribution in [0.2, 0.25) is 5.02 Å². The van der Waals surface area contributed by atoms with Gasteiger partial charge in [0.15, 0.2) is 0 Å². The summed E-state index contributed by atoms with van der Waals surface area (Å²) in [6.45, 7) is 0.435. The van der Waals surface area contributed by atoms with E-state index >= 15 is 0 Å². The summed E-state index contributed by atoms with van der Waals surface area (Å²) in [4.78, 5) is 19.9. The molecule has 4 rings (SSSR count). The molecule has 25 heavy (non-hydrogen) atoms. The van der Waals surface area contributed by atoms with Gasteiger partial charge >= 0.3 is 5.97 Å². The Bertz CT molecular complexity index is 1140. The largest absolute Gasteiger partial charge is 0.506 e. The van der Waals surface area contributed by atoms with E-state index in [1.165, 1.54) is 18.5 Å². The van der Waals surface area contributed by atoms with Gasteiger partial charge in [0.1, 0.15) is 11.4 Å². The van der Waals surface area contributed by atoms with E-state index in [4.69, 9.17) is 11.6 Å². The van der Waals surface area contributed by atoms with Crippen LogP contribution in [-0.4, -0.2) is 30.7 Å². The maximum Gasteiger partial charge on any atom is 0.337 e. The number of fused-ring (bicyclic) bond motifs is 2. The lowest BCUT2D eigenvalue weighted by molar-refractivity contribution is 0.0699. The highest BCUT2D eigenvalue weighted by molar-refractivity contribution is 6.31. The Morgan fingerprint density at radius 1 is 1.16 bits per heavy atom. The number of carboxylic acids is 1. The standard InChI is InChI=1S/C18H12ClN3O3/c19-12-4-11-3-10(1-2-16(11)20-6-12)8-22-9-15(18(24)25)14-5-13(23)7-21-17(14)22/h1-7,9,23H,8H2,(H,24,25). The molecule has 2 N–H and O–H groups in total. The zero-order valence-corrected chi connectivity index (χ0v) is 13.6. The molecule has 124 valence electrons. The smallest absolute Gasteiger partial charge is 0.337 e. The van der Waals surface area contributed by atoms with Crippen LogP contribution >= 0.6 is 11.6 Å². The predicted molar refractivity (Wildman–Crippen MR) is 94.2 cm³/mol. The Hall–Kier alpha value is -3.12. The summed E-state index contributed by atoms with van der Waals surface area (Å²) in [7, 11) is 0. The molecular formula is C18H12ClN3O3. The predicted octanol–water partition coefficient (Wildman–Crippen LogP) is 3.69. The van der Waals surface area contributed by atoms with Crippen LogP contribution in [-0.2, 0) is 6.54 Å². The molecule has 0 aliphatic heterocycles. The number of hydrogen-bond acceptors (Lipinski definition) is 4. The first-order valence-corrected chi connectivity index (χ1v) is 7.84. The Labute approximate surface area is 146 Å². The number of halogens is 1. The number of aromatic carboxylic acids is 1. The number of carbonyl (C=O) groups is 1. The number of rotatable bonds is 3. The third kappa shape index (κ3) is 2.77. The van der Waals surface area contributed by atoms with Crippen molar-refractivity contribution in [2.75, 3.05) is 0 Å². The van der Waals surface area contributed by atoms with Crippen molar-refractivity contribution >= 4 is 39.5 Å². The lowest BCUT2D eigenvalue weighted by Gasteiger charge is -2.06. The summed E-state index contributed by atoms with van der Waals surface area (Å²) in [5.41, 5.74) is 2.39. The molecule has 0 aliphatic rings. The van der Waals surface area contributed by atoms with Crippen LogP contribution in [0.25, 0.3) is 21.9 Å². The van der Waals surface area contributed by atoms with Crippen molar-refractivity contribution in [3.8, 4) is 5.75 Å². The molecule has 0 amide bonds. The van der Waals surface area contributed by atoms with Gasteiger partial charge in [-0.1, -0.05) is 17.7 Å². The molecule has 1 aromatic carbocycles. The van der Waals surface area contributed by atoms with Crippen molar-refractivity contribution in [3.05, 3.63) is 65.1 Å². The van der Waals surface area contributed by atoms with Crippen LogP contribution in [0.1, 0.15) is 15.9 Å². The van der Waals surface area contributed by atoms with Crippen LogP contribution in [0, 0.1) is 0 Å². The van der Waals surface area contributed by atoms with E-state index in [0.29, 0.717) is 22.6 Å². The summed E-state index contributed by atoms with van der Waals surface area (Å²) >= 11 is 6.00. The molecule has 0 saturated carbocycles. The highest BCUT2D eigenvalue weighted by atomic mass is 35.5. The molecule has 0 spiro atoms. The maximum atomic E-state index is 11.5. The Kier molecular flexibility index (Phi) is 3.54. The monoisotopic (exact) mass is 353 g/mol. The fraction of sp³-hybridized carbons (Fsp3) is 0.0556. The number of hydrogen-bond donors (Lipinski definition) is 2. The molecule has 0 aliphatic carbocycles. The molecule has 3 heterocycles.